The Morgan fingerprint density at radius 1 is 1.21 bits per heavy atom. The van der Waals surface area contributed by atoms with E-state index in [0.29, 0.717) is 26.5 Å². The summed E-state index contributed by atoms with van der Waals surface area (Å²) in [5.41, 5.74) is 3.25. The lowest BCUT2D eigenvalue weighted by Crippen LogP contribution is -2.24. The summed E-state index contributed by atoms with van der Waals surface area (Å²) in [5, 5.41) is 2.85. The van der Waals surface area contributed by atoms with Crippen LogP contribution in [0.2, 0.25) is 5.02 Å². The van der Waals surface area contributed by atoms with Crippen molar-refractivity contribution >= 4 is 51.4 Å². The summed E-state index contributed by atoms with van der Waals surface area (Å²) < 4.78 is 26.4. The molecule has 28 heavy (non-hydrogen) atoms. The number of amides is 1. The first-order chi connectivity index (χ1) is 13.3. The lowest BCUT2D eigenvalue weighted by atomic mass is 10.1. The van der Waals surface area contributed by atoms with Crippen molar-refractivity contribution in [3.8, 4) is 0 Å². The van der Waals surface area contributed by atoms with Crippen molar-refractivity contribution in [3.05, 3.63) is 69.2 Å². The summed E-state index contributed by atoms with van der Waals surface area (Å²) in [6.45, 7) is 5.31. The number of carbonyl (C=O) groups is 1. The van der Waals surface area contributed by atoms with E-state index in [-0.39, 0.29) is 5.91 Å². The molecule has 0 fully saturated rings. The van der Waals surface area contributed by atoms with Gasteiger partial charge in [-0.3, -0.25) is 9.69 Å². The smallest absolute Gasteiger partial charge is 0.230 e. The van der Waals surface area contributed by atoms with Gasteiger partial charge in [-0.05, 0) is 49.2 Å². The summed E-state index contributed by atoms with van der Waals surface area (Å²) >= 11 is 9.08. The maximum atomic E-state index is 13.3. The zero-order valence-corrected chi connectivity index (χ0v) is 17.8. The molecular weight excluding hydrogens is 422 g/mol. The largest absolute Gasteiger partial charge is 0.274 e. The molecule has 1 heterocycles. The summed E-state index contributed by atoms with van der Waals surface area (Å²) in [7, 11) is 0. The van der Waals surface area contributed by atoms with Crippen LogP contribution in [0.5, 0.6) is 0 Å². The number of aryl methyl sites for hydroxylation is 2. The Kier molecular flexibility index (Phi) is 6.37. The highest BCUT2D eigenvalue weighted by Crippen LogP contribution is 2.38. The molecular formula is C20H17ClF2N2OS2. The number of halogens is 3. The third kappa shape index (κ3) is 4.54. The first kappa shape index (κ1) is 20.8. The predicted octanol–water partition coefficient (Wildman–Crippen LogP) is 6.67. The second kappa shape index (κ2) is 8.59. The highest BCUT2D eigenvalue weighted by molar-refractivity contribution is 7.98. The van der Waals surface area contributed by atoms with Crippen molar-refractivity contribution in [2.45, 2.75) is 31.4 Å². The quantitative estimate of drug-likeness (QED) is 0.417. The van der Waals surface area contributed by atoms with Crippen LogP contribution in [0.3, 0.4) is 0 Å². The van der Waals surface area contributed by atoms with E-state index in [1.165, 1.54) is 41.0 Å². The number of carbonyl (C=O) groups excluding carboxylic acids is 1. The van der Waals surface area contributed by atoms with Crippen molar-refractivity contribution in [2.24, 2.45) is 0 Å². The number of benzene rings is 2. The third-order valence-corrected chi connectivity index (χ3v) is 6.14. The molecule has 3 aromatic rings. The van der Waals surface area contributed by atoms with Gasteiger partial charge in [0.05, 0.1) is 16.4 Å². The minimum absolute atomic E-state index is 0.192. The molecule has 146 valence electrons. The lowest BCUT2D eigenvalue weighted by Gasteiger charge is -2.22. The van der Waals surface area contributed by atoms with Gasteiger partial charge in [0.15, 0.2) is 16.8 Å². The van der Waals surface area contributed by atoms with Gasteiger partial charge < -0.3 is 0 Å². The van der Waals surface area contributed by atoms with E-state index in [4.69, 9.17) is 11.6 Å². The SMILES string of the molecule is CC(=O)N(c1nc(CSc2ccc(F)c(F)c2)cs1)c1c(C)cc(C)cc1Cl. The molecule has 0 saturated heterocycles. The van der Waals surface area contributed by atoms with Gasteiger partial charge >= 0.3 is 0 Å². The zero-order valence-electron chi connectivity index (χ0n) is 15.4. The van der Waals surface area contributed by atoms with Gasteiger partial charge in [-0.25, -0.2) is 13.8 Å². The highest BCUT2D eigenvalue weighted by Gasteiger charge is 2.22. The molecule has 1 aromatic heterocycles. The van der Waals surface area contributed by atoms with Gasteiger partial charge in [-0.1, -0.05) is 17.7 Å². The molecule has 0 radical (unpaired) electrons. The van der Waals surface area contributed by atoms with Crippen LogP contribution in [0, 0.1) is 25.5 Å². The molecule has 8 heteroatoms. The Morgan fingerprint density at radius 2 is 1.96 bits per heavy atom. The molecule has 0 bridgehead atoms. The van der Waals surface area contributed by atoms with Crippen LogP contribution in [0.1, 0.15) is 23.7 Å². The number of anilines is 2. The van der Waals surface area contributed by atoms with Crippen LogP contribution in [0.25, 0.3) is 0 Å². The van der Waals surface area contributed by atoms with Gasteiger partial charge in [-0.2, -0.15) is 0 Å². The van der Waals surface area contributed by atoms with Crippen molar-refractivity contribution in [2.75, 3.05) is 4.90 Å². The van der Waals surface area contributed by atoms with Crippen LogP contribution in [0.15, 0.2) is 40.6 Å². The third-order valence-electron chi connectivity index (χ3n) is 3.95. The summed E-state index contributed by atoms with van der Waals surface area (Å²) in [6, 6.07) is 7.56. The summed E-state index contributed by atoms with van der Waals surface area (Å²) in [4.78, 5) is 19.0. The van der Waals surface area contributed by atoms with Crippen molar-refractivity contribution in [3.63, 3.8) is 0 Å². The summed E-state index contributed by atoms with van der Waals surface area (Å²) in [5.74, 6) is -1.48. The van der Waals surface area contributed by atoms with Gasteiger partial charge in [0.25, 0.3) is 0 Å². The van der Waals surface area contributed by atoms with Crippen LogP contribution >= 0.6 is 34.7 Å². The molecule has 0 N–H and O–H groups in total. The Morgan fingerprint density at radius 3 is 2.61 bits per heavy atom. The van der Waals surface area contributed by atoms with Gasteiger partial charge in [0.2, 0.25) is 5.91 Å². The molecule has 0 atom stereocenters. The van der Waals surface area contributed by atoms with Crippen LogP contribution in [-0.2, 0) is 10.5 Å². The predicted molar refractivity (Wildman–Crippen MR) is 112 cm³/mol. The first-order valence-electron chi connectivity index (χ1n) is 8.36. The summed E-state index contributed by atoms with van der Waals surface area (Å²) in [6.07, 6.45) is 0. The number of thiazole rings is 1. The van der Waals surface area contributed by atoms with Crippen molar-refractivity contribution in [1.29, 1.82) is 0 Å². The number of thioether (sulfide) groups is 1. The van der Waals surface area contributed by atoms with Crippen LogP contribution < -0.4 is 4.90 Å². The van der Waals surface area contributed by atoms with E-state index in [1.54, 1.807) is 0 Å². The second-order valence-electron chi connectivity index (χ2n) is 6.25. The number of nitrogens with zero attached hydrogens (tertiary/aromatic N) is 2. The maximum Gasteiger partial charge on any atom is 0.230 e. The average molecular weight is 439 g/mol. The van der Waals surface area contributed by atoms with Gasteiger partial charge in [-0.15, -0.1) is 23.1 Å². The molecule has 0 unspecified atom stereocenters. The van der Waals surface area contributed by atoms with E-state index < -0.39 is 11.6 Å². The molecule has 3 rings (SSSR count). The van der Waals surface area contributed by atoms with E-state index in [2.05, 4.69) is 4.98 Å². The average Bonchev–Trinajstić information content (AvgIpc) is 3.07. The minimum Gasteiger partial charge on any atom is -0.274 e. The van der Waals surface area contributed by atoms with E-state index in [0.717, 1.165) is 29.0 Å². The van der Waals surface area contributed by atoms with Crippen molar-refractivity contribution < 1.29 is 13.6 Å². The molecule has 1 amide bonds. The standard InChI is InChI=1S/C20H17ClF2N2OS2/c1-11-6-12(2)19(16(21)7-11)25(13(3)26)20-24-14(10-28-20)9-27-15-4-5-17(22)18(23)8-15/h4-8,10H,9H2,1-3H3. The number of hydrogen-bond acceptors (Lipinski definition) is 4. The highest BCUT2D eigenvalue weighted by atomic mass is 35.5. The van der Waals surface area contributed by atoms with E-state index >= 15 is 0 Å². The van der Waals surface area contributed by atoms with Crippen LogP contribution in [0.4, 0.5) is 19.6 Å². The number of rotatable bonds is 5. The van der Waals surface area contributed by atoms with Gasteiger partial charge in [0, 0.05) is 23.0 Å². The second-order valence-corrected chi connectivity index (χ2v) is 8.55. The number of hydrogen-bond donors (Lipinski definition) is 0. The Hall–Kier alpha value is -1.96. The van der Waals surface area contributed by atoms with Crippen LogP contribution in [-0.4, -0.2) is 10.9 Å². The fourth-order valence-corrected chi connectivity index (χ4v) is 4.97. The maximum absolute atomic E-state index is 13.3. The Balaban J connectivity index is 1.84. The molecule has 0 aliphatic rings. The number of aromatic nitrogens is 1. The molecule has 0 aliphatic heterocycles. The first-order valence-corrected chi connectivity index (χ1v) is 10.6. The normalized spacial score (nSPS) is 10.9. The lowest BCUT2D eigenvalue weighted by molar-refractivity contribution is -0.115. The zero-order chi connectivity index (χ0) is 20.4. The molecule has 0 saturated carbocycles. The fourth-order valence-electron chi connectivity index (χ4n) is 2.77. The monoisotopic (exact) mass is 438 g/mol. The van der Waals surface area contributed by atoms with Gasteiger partial charge in [0.1, 0.15) is 0 Å². The van der Waals surface area contributed by atoms with E-state index in [1.807, 2.05) is 31.4 Å². The minimum atomic E-state index is -0.879. The topological polar surface area (TPSA) is 33.2 Å². The fraction of sp³-hybridized carbons (Fsp3) is 0.200. The Bertz CT molecular complexity index is 1020. The molecule has 2 aromatic carbocycles. The molecule has 3 nitrogen and oxygen atoms in total. The molecule has 0 spiro atoms. The van der Waals surface area contributed by atoms with Crippen molar-refractivity contribution in [1.82, 2.24) is 4.98 Å². The molecule has 0 aliphatic carbocycles. The van der Waals surface area contributed by atoms with E-state index in [9.17, 15) is 13.6 Å². The Labute approximate surface area is 175 Å².